The maximum atomic E-state index is 8.92. The van der Waals surface area contributed by atoms with Crippen LogP contribution in [-0.4, -0.2) is 35.3 Å². The number of nitrogens with one attached hydrogen (secondary N) is 1. The van der Waals surface area contributed by atoms with Crippen molar-refractivity contribution in [3.63, 3.8) is 0 Å². The fraction of sp³-hybridized carbons (Fsp3) is 0.467. The lowest BCUT2D eigenvalue weighted by Crippen LogP contribution is -2.21. The van der Waals surface area contributed by atoms with Gasteiger partial charge in [0.1, 0.15) is 5.82 Å². The molecule has 0 unspecified atom stereocenters. The van der Waals surface area contributed by atoms with E-state index in [-0.39, 0.29) is 6.61 Å². The molecule has 0 aromatic carbocycles. The predicted octanol–water partition coefficient (Wildman–Crippen LogP) is 2.70. The molecule has 0 amide bonds. The molecule has 0 spiro atoms. The number of aromatic nitrogens is 2. The molecule has 0 bridgehead atoms. The van der Waals surface area contributed by atoms with Crippen LogP contribution in [-0.2, 0) is 6.54 Å². The molecular weight excluding hydrogens is 284 g/mol. The van der Waals surface area contributed by atoms with Crippen molar-refractivity contribution in [1.82, 2.24) is 9.97 Å². The molecule has 5 nitrogen and oxygen atoms in total. The molecule has 0 atom stereocenters. The molecule has 6 heteroatoms. The first-order valence-corrected chi connectivity index (χ1v) is 7.88. The molecule has 114 valence electrons. The maximum Gasteiger partial charge on any atom is 0.126 e. The van der Waals surface area contributed by atoms with E-state index in [2.05, 4.69) is 29.1 Å². The summed E-state index contributed by atoms with van der Waals surface area (Å²) in [4.78, 5) is 12.0. The minimum atomic E-state index is 0.139. The van der Waals surface area contributed by atoms with Crippen molar-refractivity contribution >= 4 is 22.8 Å². The zero-order valence-electron chi connectivity index (χ0n) is 12.7. The predicted molar refractivity (Wildman–Crippen MR) is 88.1 cm³/mol. The zero-order chi connectivity index (χ0) is 15.2. The summed E-state index contributed by atoms with van der Waals surface area (Å²) in [5, 5.41) is 13.4. The normalized spacial score (nSPS) is 10.9. The number of anilines is 2. The smallest absolute Gasteiger partial charge is 0.126 e. The van der Waals surface area contributed by atoms with Gasteiger partial charge in [0, 0.05) is 30.6 Å². The van der Waals surface area contributed by atoms with Crippen LogP contribution in [0.2, 0.25) is 0 Å². The quantitative estimate of drug-likeness (QED) is 0.823. The fourth-order valence-corrected chi connectivity index (χ4v) is 2.70. The van der Waals surface area contributed by atoms with Crippen molar-refractivity contribution in [2.45, 2.75) is 26.3 Å². The van der Waals surface area contributed by atoms with E-state index < -0.39 is 0 Å². The van der Waals surface area contributed by atoms with E-state index in [0.29, 0.717) is 12.5 Å². The molecule has 2 N–H and O–H groups in total. The molecule has 0 saturated heterocycles. The minimum absolute atomic E-state index is 0.139. The second kappa shape index (κ2) is 7.38. The van der Waals surface area contributed by atoms with Gasteiger partial charge in [-0.3, -0.25) is 0 Å². The van der Waals surface area contributed by atoms with E-state index in [0.717, 1.165) is 18.1 Å². The molecular formula is C15H22N4OS. The summed E-state index contributed by atoms with van der Waals surface area (Å²) in [7, 11) is 1.94. The highest BCUT2D eigenvalue weighted by atomic mass is 32.1. The fourth-order valence-electron chi connectivity index (χ4n) is 1.84. The monoisotopic (exact) mass is 306 g/mol. The van der Waals surface area contributed by atoms with E-state index >= 15 is 0 Å². The summed E-state index contributed by atoms with van der Waals surface area (Å²) in [5.41, 5.74) is 0.995. The Labute approximate surface area is 129 Å². The van der Waals surface area contributed by atoms with Crippen LogP contribution in [0.4, 0.5) is 11.5 Å². The van der Waals surface area contributed by atoms with Crippen LogP contribution in [0.5, 0.6) is 0 Å². The summed E-state index contributed by atoms with van der Waals surface area (Å²) in [5.74, 6) is 1.32. The molecule has 0 aliphatic heterocycles. The summed E-state index contributed by atoms with van der Waals surface area (Å²) >= 11 is 1.74. The van der Waals surface area contributed by atoms with E-state index in [4.69, 9.17) is 5.11 Å². The van der Waals surface area contributed by atoms with Crippen LogP contribution in [0.3, 0.4) is 0 Å². The van der Waals surface area contributed by atoms with Gasteiger partial charge < -0.3 is 15.3 Å². The molecule has 0 aliphatic carbocycles. The van der Waals surface area contributed by atoms with Gasteiger partial charge in [-0.25, -0.2) is 9.97 Å². The third kappa shape index (κ3) is 4.41. The number of rotatable bonds is 7. The first-order chi connectivity index (χ1) is 10.1. The Morgan fingerprint density at radius 2 is 2.10 bits per heavy atom. The summed E-state index contributed by atoms with van der Waals surface area (Å²) in [6, 6.07) is 3.95. The van der Waals surface area contributed by atoms with Crippen LogP contribution in [0.1, 0.15) is 29.7 Å². The molecule has 0 aliphatic rings. The summed E-state index contributed by atoms with van der Waals surface area (Å²) in [6.07, 6.45) is 3.74. The van der Waals surface area contributed by atoms with E-state index in [1.165, 1.54) is 9.88 Å². The highest BCUT2D eigenvalue weighted by molar-refractivity contribution is 7.11. The summed E-state index contributed by atoms with van der Waals surface area (Å²) < 4.78 is 0. The number of nitrogens with zero attached hydrogens (tertiary/aromatic N) is 3. The number of pyridine rings is 1. The second-order valence-electron chi connectivity index (χ2n) is 5.22. The van der Waals surface area contributed by atoms with Gasteiger partial charge in [0.15, 0.2) is 0 Å². The molecule has 2 heterocycles. The van der Waals surface area contributed by atoms with Crippen molar-refractivity contribution in [1.29, 1.82) is 0 Å². The average molecular weight is 306 g/mol. The molecule has 0 saturated carbocycles. The Balaban J connectivity index is 1.91. The zero-order valence-corrected chi connectivity index (χ0v) is 13.5. The Morgan fingerprint density at radius 1 is 1.29 bits per heavy atom. The highest BCUT2D eigenvalue weighted by Gasteiger charge is 2.06. The van der Waals surface area contributed by atoms with Gasteiger partial charge in [-0.1, -0.05) is 13.8 Å². The lowest BCUT2D eigenvalue weighted by Gasteiger charge is -2.17. The first-order valence-electron chi connectivity index (χ1n) is 7.06. The Morgan fingerprint density at radius 3 is 2.67 bits per heavy atom. The van der Waals surface area contributed by atoms with Gasteiger partial charge in [-0.2, -0.15) is 0 Å². The van der Waals surface area contributed by atoms with Crippen molar-refractivity contribution in [3.8, 4) is 0 Å². The number of thiazole rings is 1. The molecule has 2 aromatic heterocycles. The van der Waals surface area contributed by atoms with Crippen LogP contribution >= 0.6 is 11.3 Å². The van der Waals surface area contributed by atoms with Crippen LogP contribution in [0.15, 0.2) is 24.5 Å². The molecule has 2 rings (SSSR count). The number of aliphatic hydroxyl groups excluding tert-OH is 1. The molecule has 2 aromatic rings. The molecule has 0 fully saturated rings. The number of hydrogen-bond donors (Lipinski definition) is 2. The van der Waals surface area contributed by atoms with Crippen LogP contribution in [0.25, 0.3) is 0 Å². The molecule has 21 heavy (non-hydrogen) atoms. The Hall–Kier alpha value is -1.66. The SMILES string of the molecule is CC(C)c1ncc(CNc2ccc(N(C)CCO)cn2)s1. The van der Waals surface area contributed by atoms with Crippen LogP contribution in [0, 0.1) is 0 Å². The lowest BCUT2D eigenvalue weighted by atomic mass is 10.2. The number of aliphatic hydroxyl groups is 1. The third-order valence-corrected chi connectivity index (χ3v) is 4.43. The van der Waals surface area contributed by atoms with E-state index in [1.54, 1.807) is 11.3 Å². The average Bonchev–Trinajstić information content (AvgIpc) is 2.95. The van der Waals surface area contributed by atoms with Gasteiger partial charge in [-0.05, 0) is 12.1 Å². The Bertz CT molecular complexity index is 553. The number of likely N-dealkylation sites (N-methyl/N-ethyl adjacent to an activating group) is 1. The largest absolute Gasteiger partial charge is 0.395 e. The lowest BCUT2D eigenvalue weighted by molar-refractivity contribution is 0.304. The minimum Gasteiger partial charge on any atom is -0.395 e. The standard InChI is InChI=1S/C15H22N4OS/c1-11(2)15-18-10-13(21-15)9-17-14-5-4-12(8-16-14)19(3)6-7-20/h4-5,8,10-11,20H,6-7,9H2,1-3H3,(H,16,17). The van der Waals surface area contributed by atoms with E-state index in [9.17, 15) is 0 Å². The third-order valence-electron chi connectivity index (χ3n) is 3.13. The maximum absolute atomic E-state index is 8.92. The van der Waals surface area contributed by atoms with Gasteiger partial charge in [-0.15, -0.1) is 11.3 Å². The van der Waals surface area contributed by atoms with Gasteiger partial charge in [0.2, 0.25) is 0 Å². The van der Waals surface area contributed by atoms with Gasteiger partial charge >= 0.3 is 0 Å². The highest BCUT2D eigenvalue weighted by Crippen LogP contribution is 2.22. The molecule has 0 radical (unpaired) electrons. The van der Waals surface area contributed by atoms with Crippen molar-refractivity contribution in [2.75, 3.05) is 30.4 Å². The number of hydrogen-bond acceptors (Lipinski definition) is 6. The Kier molecular flexibility index (Phi) is 5.52. The van der Waals surface area contributed by atoms with Gasteiger partial charge in [0.25, 0.3) is 0 Å². The second-order valence-corrected chi connectivity index (χ2v) is 6.37. The van der Waals surface area contributed by atoms with Crippen molar-refractivity contribution < 1.29 is 5.11 Å². The van der Waals surface area contributed by atoms with Crippen molar-refractivity contribution in [2.24, 2.45) is 0 Å². The van der Waals surface area contributed by atoms with E-state index in [1.807, 2.05) is 36.5 Å². The summed E-state index contributed by atoms with van der Waals surface area (Å²) in [6.45, 7) is 5.79. The van der Waals surface area contributed by atoms with Crippen LogP contribution < -0.4 is 10.2 Å². The van der Waals surface area contributed by atoms with Gasteiger partial charge in [0.05, 0.1) is 30.0 Å². The van der Waals surface area contributed by atoms with Crippen molar-refractivity contribution in [3.05, 3.63) is 34.4 Å². The first kappa shape index (κ1) is 15.7. The topological polar surface area (TPSA) is 61.3 Å².